The smallest absolute Gasteiger partial charge is 0.251 e. The average Bonchev–Trinajstić information content (AvgIpc) is 2.37. The molecule has 0 fully saturated rings. The number of nitrogens with two attached hydrogens (primary N) is 1. The van der Waals surface area contributed by atoms with Gasteiger partial charge >= 0.3 is 0 Å². The van der Waals surface area contributed by atoms with Gasteiger partial charge in [0.25, 0.3) is 5.91 Å². The Labute approximate surface area is 111 Å². The van der Waals surface area contributed by atoms with Gasteiger partial charge in [-0.2, -0.15) is 0 Å². The number of halogens is 1. The highest BCUT2D eigenvalue weighted by molar-refractivity contribution is 6.33. The first-order chi connectivity index (χ1) is 8.58. The summed E-state index contributed by atoms with van der Waals surface area (Å²) in [6.45, 7) is 0.782. The molecular weight excluding hydrogens is 256 g/mol. The number of anilines is 1. The second kappa shape index (κ2) is 7.20. The molecule has 0 aliphatic heterocycles. The van der Waals surface area contributed by atoms with Crippen LogP contribution in [0.25, 0.3) is 0 Å². The standard InChI is InChI=1S/C12H17ClN2O3/c1-17-7-9(18-2)6-15-12(16)8-3-4-11(14)10(13)5-8/h3-5,9H,6-7,14H2,1-2H3,(H,15,16). The van der Waals surface area contributed by atoms with Crippen molar-refractivity contribution in [3.8, 4) is 0 Å². The van der Waals surface area contributed by atoms with Crippen LogP contribution in [0.4, 0.5) is 5.69 Å². The summed E-state index contributed by atoms with van der Waals surface area (Å²) in [5.74, 6) is -0.227. The first-order valence-electron chi connectivity index (χ1n) is 5.43. The Bertz CT molecular complexity index is 412. The van der Waals surface area contributed by atoms with Crippen LogP contribution in [-0.2, 0) is 9.47 Å². The summed E-state index contributed by atoms with van der Waals surface area (Å²) >= 11 is 5.85. The van der Waals surface area contributed by atoms with Gasteiger partial charge in [-0.25, -0.2) is 0 Å². The molecule has 1 aromatic rings. The highest BCUT2D eigenvalue weighted by Gasteiger charge is 2.11. The van der Waals surface area contributed by atoms with E-state index in [0.29, 0.717) is 29.4 Å². The van der Waals surface area contributed by atoms with E-state index < -0.39 is 0 Å². The zero-order chi connectivity index (χ0) is 13.5. The molecule has 0 spiro atoms. The van der Waals surface area contributed by atoms with Crippen LogP contribution >= 0.6 is 11.6 Å². The third-order valence-electron chi connectivity index (χ3n) is 2.44. The molecular formula is C12H17ClN2O3. The first kappa shape index (κ1) is 14.8. The van der Waals surface area contributed by atoms with E-state index in [1.807, 2.05) is 0 Å². The molecule has 0 aliphatic carbocycles. The molecule has 0 heterocycles. The number of hydrogen-bond donors (Lipinski definition) is 2. The quantitative estimate of drug-likeness (QED) is 0.766. The van der Waals surface area contributed by atoms with Gasteiger partial charge in [0.2, 0.25) is 0 Å². The molecule has 1 atom stereocenters. The van der Waals surface area contributed by atoms with Crippen LogP contribution in [0.15, 0.2) is 18.2 Å². The normalized spacial score (nSPS) is 12.2. The summed E-state index contributed by atoms with van der Waals surface area (Å²) in [5.41, 5.74) is 6.48. The van der Waals surface area contributed by atoms with E-state index >= 15 is 0 Å². The maximum absolute atomic E-state index is 11.8. The Morgan fingerprint density at radius 2 is 2.22 bits per heavy atom. The largest absolute Gasteiger partial charge is 0.398 e. The zero-order valence-electron chi connectivity index (χ0n) is 10.4. The van der Waals surface area contributed by atoms with E-state index in [0.717, 1.165) is 0 Å². The third kappa shape index (κ3) is 4.18. The van der Waals surface area contributed by atoms with E-state index in [1.54, 1.807) is 26.4 Å². The molecule has 1 rings (SSSR count). The fourth-order valence-corrected chi connectivity index (χ4v) is 1.55. The minimum atomic E-state index is -0.227. The van der Waals surface area contributed by atoms with E-state index in [1.165, 1.54) is 6.07 Å². The van der Waals surface area contributed by atoms with Crippen molar-refractivity contribution in [2.45, 2.75) is 6.10 Å². The van der Waals surface area contributed by atoms with Crippen LogP contribution in [0.3, 0.4) is 0 Å². The Balaban J connectivity index is 2.57. The summed E-state index contributed by atoms with van der Waals surface area (Å²) < 4.78 is 10.1. The number of carbonyl (C=O) groups excluding carboxylic acids is 1. The zero-order valence-corrected chi connectivity index (χ0v) is 11.2. The molecule has 1 aromatic carbocycles. The Hall–Kier alpha value is -1.30. The summed E-state index contributed by atoms with van der Waals surface area (Å²) in [5, 5.41) is 3.10. The van der Waals surface area contributed by atoms with Crippen molar-refractivity contribution >= 4 is 23.2 Å². The molecule has 3 N–H and O–H groups in total. The van der Waals surface area contributed by atoms with Crippen LogP contribution in [0.5, 0.6) is 0 Å². The maximum Gasteiger partial charge on any atom is 0.251 e. The van der Waals surface area contributed by atoms with Crippen LogP contribution in [0.2, 0.25) is 5.02 Å². The van der Waals surface area contributed by atoms with Crippen molar-refractivity contribution in [2.24, 2.45) is 0 Å². The summed E-state index contributed by atoms with van der Waals surface area (Å²) in [6.07, 6.45) is -0.178. The Kier molecular flexibility index (Phi) is 5.91. The molecule has 0 saturated heterocycles. The number of ether oxygens (including phenoxy) is 2. The van der Waals surface area contributed by atoms with Crippen molar-refractivity contribution in [1.82, 2.24) is 5.32 Å². The lowest BCUT2D eigenvalue weighted by Crippen LogP contribution is -2.35. The molecule has 0 aliphatic rings. The molecule has 0 aromatic heterocycles. The van der Waals surface area contributed by atoms with Crippen molar-refractivity contribution in [2.75, 3.05) is 33.1 Å². The molecule has 0 radical (unpaired) electrons. The number of benzene rings is 1. The van der Waals surface area contributed by atoms with Crippen molar-refractivity contribution in [1.29, 1.82) is 0 Å². The minimum Gasteiger partial charge on any atom is -0.398 e. The van der Waals surface area contributed by atoms with Gasteiger partial charge in [-0.05, 0) is 18.2 Å². The third-order valence-corrected chi connectivity index (χ3v) is 2.77. The van der Waals surface area contributed by atoms with E-state index in [4.69, 9.17) is 26.8 Å². The summed E-state index contributed by atoms with van der Waals surface area (Å²) in [4.78, 5) is 11.8. The number of amides is 1. The molecule has 18 heavy (non-hydrogen) atoms. The van der Waals surface area contributed by atoms with Gasteiger partial charge < -0.3 is 20.5 Å². The summed E-state index contributed by atoms with van der Waals surface area (Å²) in [6, 6.07) is 4.75. The number of nitrogens with one attached hydrogen (secondary N) is 1. The number of rotatable bonds is 6. The van der Waals surface area contributed by atoms with Crippen molar-refractivity contribution in [3.63, 3.8) is 0 Å². The second-order valence-electron chi connectivity index (χ2n) is 3.76. The topological polar surface area (TPSA) is 73.6 Å². The molecule has 100 valence electrons. The Morgan fingerprint density at radius 3 is 2.78 bits per heavy atom. The molecule has 6 heteroatoms. The number of carbonyl (C=O) groups is 1. The lowest BCUT2D eigenvalue weighted by molar-refractivity contribution is 0.0285. The van der Waals surface area contributed by atoms with Crippen molar-refractivity contribution in [3.05, 3.63) is 28.8 Å². The van der Waals surface area contributed by atoms with Crippen LogP contribution in [-0.4, -0.2) is 39.4 Å². The van der Waals surface area contributed by atoms with Crippen LogP contribution < -0.4 is 11.1 Å². The first-order valence-corrected chi connectivity index (χ1v) is 5.81. The van der Waals surface area contributed by atoms with Gasteiger partial charge in [0.05, 0.1) is 23.4 Å². The van der Waals surface area contributed by atoms with Gasteiger partial charge in [0.1, 0.15) is 0 Å². The Morgan fingerprint density at radius 1 is 1.50 bits per heavy atom. The lowest BCUT2D eigenvalue weighted by Gasteiger charge is -2.15. The molecule has 5 nitrogen and oxygen atoms in total. The van der Waals surface area contributed by atoms with Crippen LogP contribution in [0.1, 0.15) is 10.4 Å². The SMILES string of the molecule is COCC(CNC(=O)c1ccc(N)c(Cl)c1)OC. The summed E-state index contributed by atoms with van der Waals surface area (Å²) in [7, 11) is 3.14. The monoisotopic (exact) mass is 272 g/mol. The molecule has 1 unspecified atom stereocenters. The molecule has 0 bridgehead atoms. The van der Waals surface area contributed by atoms with Gasteiger partial charge in [0.15, 0.2) is 0 Å². The highest BCUT2D eigenvalue weighted by Crippen LogP contribution is 2.19. The van der Waals surface area contributed by atoms with Crippen molar-refractivity contribution < 1.29 is 14.3 Å². The van der Waals surface area contributed by atoms with Gasteiger partial charge in [-0.3, -0.25) is 4.79 Å². The van der Waals surface area contributed by atoms with Gasteiger partial charge in [-0.1, -0.05) is 11.6 Å². The van der Waals surface area contributed by atoms with Gasteiger partial charge in [0, 0.05) is 26.3 Å². The fourth-order valence-electron chi connectivity index (χ4n) is 1.37. The predicted molar refractivity (Wildman–Crippen MR) is 70.9 cm³/mol. The fraction of sp³-hybridized carbons (Fsp3) is 0.417. The number of methoxy groups -OCH3 is 2. The second-order valence-corrected chi connectivity index (χ2v) is 4.17. The molecule has 0 saturated carbocycles. The minimum absolute atomic E-state index is 0.178. The molecule has 1 amide bonds. The van der Waals surface area contributed by atoms with E-state index in [2.05, 4.69) is 5.32 Å². The van der Waals surface area contributed by atoms with Gasteiger partial charge in [-0.15, -0.1) is 0 Å². The maximum atomic E-state index is 11.8. The average molecular weight is 273 g/mol. The number of nitrogen functional groups attached to an aromatic ring is 1. The number of hydrogen-bond acceptors (Lipinski definition) is 4. The van der Waals surface area contributed by atoms with Crippen LogP contribution in [0, 0.1) is 0 Å². The predicted octanol–water partition coefficient (Wildman–Crippen LogP) is 1.31. The van der Waals surface area contributed by atoms with E-state index in [-0.39, 0.29) is 12.0 Å². The highest BCUT2D eigenvalue weighted by atomic mass is 35.5. The van der Waals surface area contributed by atoms with E-state index in [9.17, 15) is 4.79 Å². The lowest BCUT2D eigenvalue weighted by atomic mass is 10.2.